The zero-order valence-electron chi connectivity index (χ0n) is 36.4. The van der Waals surface area contributed by atoms with Crippen LogP contribution in [0, 0.1) is 0 Å². The summed E-state index contributed by atoms with van der Waals surface area (Å²) >= 11 is 0. The molecular formula is C42B26O. The second kappa shape index (κ2) is 16.8. The smallest absolute Gasteiger partial charge is 0.127 e. The van der Waals surface area contributed by atoms with Gasteiger partial charge in [-0.3, -0.25) is 0 Å². The first-order valence-electron chi connectivity index (χ1n) is 20.2. The molecular weight excluding hydrogens is 802 g/mol. The van der Waals surface area contributed by atoms with Gasteiger partial charge in [-0.1, -0.05) is 81.9 Å². The third-order valence-corrected chi connectivity index (χ3v) is 13.4. The standard InChI is InChI=1S/C42B26O/c43-15-11(26(54)39(67)41-13(15)14-27(55)36(64)38(66)40(68)42(14)69-41)2-6-3(18(46)28(56)30(58)20(6)48)1(4-7(2)21(49)31(59)29(57)19(4)47)5-8-9(23(51)33(61)32(60)22(8)50)10(17(45)16(5)44)12-24(52)34(62)37(65)35(63)25(12)53. The van der Waals surface area contributed by atoms with Crippen LogP contribution in [0.15, 0.2) is 4.42 Å². The molecule has 1 heterocycles. The van der Waals surface area contributed by atoms with E-state index in [-0.39, 0.29) is 230 Å². The third-order valence-electron chi connectivity index (χ3n) is 13.4. The maximum atomic E-state index is 7.27. The largest absolute Gasteiger partial charge is 0.457 e. The van der Waals surface area contributed by atoms with Gasteiger partial charge < -0.3 is 4.42 Å². The van der Waals surface area contributed by atoms with Gasteiger partial charge in [0.2, 0.25) is 0 Å². The quantitative estimate of drug-likeness (QED) is 0.128. The second-order valence-electron chi connectivity index (χ2n) is 16.8. The van der Waals surface area contributed by atoms with Crippen molar-refractivity contribution in [1.82, 2.24) is 0 Å². The van der Waals surface area contributed by atoms with Gasteiger partial charge in [-0.2, -0.15) is 0 Å². The van der Waals surface area contributed by atoms with Crippen LogP contribution in [0.2, 0.25) is 0 Å². The maximum Gasteiger partial charge on any atom is 0.127 e. The van der Waals surface area contributed by atoms with Crippen molar-refractivity contribution in [1.29, 1.82) is 0 Å². The highest BCUT2D eigenvalue weighted by atomic mass is 16.3. The molecule has 1 aromatic heterocycles. The molecule has 0 amide bonds. The summed E-state index contributed by atoms with van der Waals surface area (Å²) in [5.41, 5.74) is -4.40. The molecule has 0 saturated heterocycles. The first kappa shape index (κ1) is 50.0. The van der Waals surface area contributed by atoms with Crippen LogP contribution in [-0.2, 0) is 0 Å². The average Bonchev–Trinajstić information content (AvgIpc) is 3.74. The molecule has 0 atom stereocenters. The predicted molar refractivity (Wildman–Crippen MR) is 323 cm³/mol. The number of rotatable bonds is 3. The zero-order valence-corrected chi connectivity index (χ0v) is 36.4. The van der Waals surface area contributed by atoms with Crippen molar-refractivity contribution < 1.29 is 4.42 Å². The van der Waals surface area contributed by atoms with Gasteiger partial charge in [0.15, 0.2) is 0 Å². The van der Waals surface area contributed by atoms with Gasteiger partial charge in [-0.05, 0) is 65.7 Å². The molecule has 252 valence electrons. The number of hydrogen-bond donors (Lipinski definition) is 0. The Bertz CT molecular complexity index is 3860. The van der Waals surface area contributed by atoms with Crippen molar-refractivity contribution >= 4 is 400 Å². The molecule has 52 radical (unpaired) electrons. The van der Waals surface area contributed by atoms with E-state index in [1.807, 2.05) is 0 Å². The summed E-state index contributed by atoms with van der Waals surface area (Å²) in [4.78, 5) is 0. The van der Waals surface area contributed by atoms with Crippen molar-refractivity contribution in [3.8, 4) is 33.4 Å². The second-order valence-corrected chi connectivity index (χ2v) is 16.8. The molecule has 0 bridgehead atoms. The van der Waals surface area contributed by atoms with E-state index in [0.29, 0.717) is 0 Å². The van der Waals surface area contributed by atoms with Crippen molar-refractivity contribution in [2.75, 3.05) is 0 Å². The lowest BCUT2D eigenvalue weighted by atomic mass is 9.55. The third kappa shape index (κ3) is 6.41. The van der Waals surface area contributed by atoms with Crippen LogP contribution >= 0.6 is 0 Å². The Balaban J connectivity index is 1.65. The molecule has 9 aromatic rings. The summed E-state index contributed by atoms with van der Waals surface area (Å²) in [6, 6.07) is 0. The van der Waals surface area contributed by atoms with Gasteiger partial charge in [-0.25, -0.2) is 0 Å². The summed E-state index contributed by atoms with van der Waals surface area (Å²) in [5, 5.41) is 0.130. The van der Waals surface area contributed by atoms with Crippen LogP contribution in [0.1, 0.15) is 0 Å². The number of fused-ring (bicyclic) bond motifs is 6. The van der Waals surface area contributed by atoms with E-state index in [0.717, 1.165) is 0 Å². The Kier molecular flexibility index (Phi) is 12.2. The molecule has 0 unspecified atom stereocenters. The van der Waals surface area contributed by atoms with Gasteiger partial charge in [-0.15, -0.1) is 60.1 Å². The van der Waals surface area contributed by atoms with Crippen molar-refractivity contribution in [3.63, 3.8) is 0 Å². The molecule has 0 aliphatic heterocycles. The monoisotopic (exact) mass is 806 g/mol. The van der Waals surface area contributed by atoms with E-state index >= 15 is 0 Å². The fourth-order valence-corrected chi connectivity index (χ4v) is 9.64. The Hall–Kier alpha value is -3.97. The summed E-state index contributed by atoms with van der Waals surface area (Å²) < 4.78 is 6.18. The van der Waals surface area contributed by atoms with E-state index in [2.05, 4.69) is 0 Å². The van der Waals surface area contributed by atoms with E-state index in [1.54, 1.807) is 0 Å². The minimum absolute atomic E-state index is 0.000505. The Morgan fingerprint density at radius 3 is 0.652 bits per heavy atom. The highest BCUT2D eigenvalue weighted by molar-refractivity contribution is 6.77. The molecule has 1 nitrogen and oxygen atoms in total. The van der Waals surface area contributed by atoms with Crippen LogP contribution in [0.4, 0.5) is 0 Å². The first-order chi connectivity index (χ1) is 32.2. The number of furan rings is 1. The highest BCUT2D eigenvalue weighted by Crippen LogP contribution is 2.42. The van der Waals surface area contributed by atoms with Crippen LogP contribution in [-0.4, -0.2) is 204 Å². The predicted octanol–water partition coefficient (Wildman–Crippen LogP) is -19.3. The van der Waals surface area contributed by atoms with Crippen LogP contribution in [0.25, 0.3) is 87.6 Å². The lowest BCUT2D eigenvalue weighted by molar-refractivity contribution is 0.675. The fourth-order valence-electron chi connectivity index (χ4n) is 9.64. The molecule has 0 fully saturated rings. The first-order valence-corrected chi connectivity index (χ1v) is 20.2. The van der Waals surface area contributed by atoms with E-state index < -0.39 is 0 Å². The van der Waals surface area contributed by atoms with E-state index in [1.165, 1.54) is 0 Å². The van der Waals surface area contributed by atoms with E-state index in [9.17, 15) is 0 Å². The molecule has 0 aliphatic rings. The lowest BCUT2D eigenvalue weighted by Gasteiger charge is -2.33. The van der Waals surface area contributed by atoms with Crippen molar-refractivity contribution in [3.05, 3.63) is 0 Å². The Morgan fingerprint density at radius 2 is 0.304 bits per heavy atom. The minimum atomic E-state index is -0.253. The summed E-state index contributed by atoms with van der Waals surface area (Å²) in [5.74, 6) is 0. The number of benzene rings is 8. The Morgan fingerprint density at radius 1 is 0.130 bits per heavy atom. The lowest BCUT2D eigenvalue weighted by Crippen LogP contribution is -2.56. The molecule has 0 saturated carbocycles. The molecule has 9 rings (SSSR count). The normalized spacial score (nSPS) is 11.8. The van der Waals surface area contributed by atoms with Gasteiger partial charge >= 0.3 is 0 Å². The molecule has 27 heteroatoms. The van der Waals surface area contributed by atoms with Gasteiger partial charge in [0.05, 0.1) is 0 Å². The molecule has 0 aliphatic carbocycles. The van der Waals surface area contributed by atoms with Crippen LogP contribution in [0.5, 0.6) is 0 Å². The van der Waals surface area contributed by atoms with Gasteiger partial charge in [0.1, 0.15) is 215 Å². The summed E-state index contributed by atoms with van der Waals surface area (Å²) in [6.45, 7) is 0. The summed E-state index contributed by atoms with van der Waals surface area (Å²) in [6.07, 6.45) is 0. The van der Waals surface area contributed by atoms with Gasteiger partial charge in [0.25, 0.3) is 0 Å². The van der Waals surface area contributed by atoms with Gasteiger partial charge in [0, 0.05) is 10.8 Å². The van der Waals surface area contributed by atoms with Crippen molar-refractivity contribution in [2.45, 2.75) is 0 Å². The topological polar surface area (TPSA) is 13.1 Å². The average molecular weight is 802 g/mol. The van der Waals surface area contributed by atoms with Crippen molar-refractivity contribution in [2.24, 2.45) is 0 Å². The Labute approximate surface area is 435 Å². The molecule has 69 heavy (non-hydrogen) atoms. The zero-order chi connectivity index (χ0) is 51.0. The maximum absolute atomic E-state index is 7.27. The SMILES string of the molecule is [B]c1c([B])c([B])c(-c2c([B])c([B])c(-c3c4c([B])c([B])c([B])c([B])c4c(-c4c([B])c([B])c5oc6c([B])c([B])c([B])c([B])c6c5c4[B])c4c([B])c([B])c([B])c([B])c34)c3c([B])c([B])c([B])c([B])c23)c([B])c1[B]. The molecule has 0 spiro atoms. The number of hydrogen-bond acceptors (Lipinski definition) is 1. The van der Waals surface area contributed by atoms with E-state index in [4.69, 9.17) is 208 Å². The summed E-state index contributed by atoms with van der Waals surface area (Å²) in [7, 11) is 176. The highest BCUT2D eigenvalue weighted by Gasteiger charge is 2.31. The minimum Gasteiger partial charge on any atom is -0.457 e. The molecule has 8 aromatic carbocycles. The fraction of sp³-hybridized carbons (Fsp3) is 0. The molecule has 0 N–H and O–H groups in total. The van der Waals surface area contributed by atoms with Crippen LogP contribution in [0.3, 0.4) is 0 Å². The van der Waals surface area contributed by atoms with Crippen LogP contribution < -0.4 is 142 Å².